The van der Waals surface area contributed by atoms with Gasteiger partial charge in [-0.3, -0.25) is 0 Å². The van der Waals surface area contributed by atoms with Gasteiger partial charge < -0.3 is 4.74 Å². The molecule has 1 atom stereocenters. The standard InChI is InChI=1S/C26H35FO3S/c1-4-6-13-26(14-7-5-2)18-21(15-20-9-8-10-23(16-20)30-3)24-17-22(27)11-12-25(24)31(28,29)19-26/h8-12,16-17,21H,4-7,13-15,18-19H2,1-3H3. The van der Waals surface area contributed by atoms with Crippen LogP contribution in [0.3, 0.4) is 0 Å². The van der Waals surface area contributed by atoms with E-state index >= 15 is 0 Å². The topological polar surface area (TPSA) is 43.4 Å². The molecular weight excluding hydrogens is 411 g/mol. The molecule has 0 saturated carbocycles. The van der Waals surface area contributed by atoms with Crippen molar-refractivity contribution in [3.05, 3.63) is 59.4 Å². The fourth-order valence-electron chi connectivity index (χ4n) is 5.14. The minimum atomic E-state index is -3.49. The number of unbranched alkanes of at least 4 members (excludes halogenated alkanes) is 2. The first kappa shape index (κ1) is 23.8. The number of benzene rings is 2. The van der Waals surface area contributed by atoms with Gasteiger partial charge in [-0.05, 0) is 78.5 Å². The molecule has 0 aliphatic carbocycles. The first-order valence-electron chi connectivity index (χ1n) is 11.5. The molecular formula is C26H35FO3S. The van der Waals surface area contributed by atoms with E-state index in [9.17, 15) is 12.8 Å². The molecule has 0 N–H and O–H groups in total. The lowest BCUT2D eigenvalue weighted by atomic mass is 9.71. The van der Waals surface area contributed by atoms with Gasteiger partial charge >= 0.3 is 0 Å². The molecule has 2 aromatic carbocycles. The molecule has 1 aliphatic rings. The molecule has 5 heteroatoms. The van der Waals surface area contributed by atoms with Gasteiger partial charge in [0.1, 0.15) is 11.6 Å². The van der Waals surface area contributed by atoms with E-state index in [0.29, 0.717) is 16.9 Å². The molecule has 2 aromatic rings. The number of hydrogen-bond donors (Lipinski definition) is 0. The maximum absolute atomic E-state index is 14.3. The molecule has 0 amide bonds. The van der Waals surface area contributed by atoms with Crippen molar-refractivity contribution in [2.24, 2.45) is 5.41 Å². The van der Waals surface area contributed by atoms with Gasteiger partial charge in [0.15, 0.2) is 9.84 Å². The molecule has 0 aromatic heterocycles. The van der Waals surface area contributed by atoms with E-state index in [-0.39, 0.29) is 22.9 Å². The van der Waals surface area contributed by atoms with Crippen LogP contribution in [-0.2, 0) is 16.3 Å². The van der Waals surface area contributed by atoms with Gasteiger partial charge in [0.05, 0.1) is 17.8 Å². The van der Waals surface area contributed by atoms with Crippen molar-refractivity contribution in [3.8, 4) is 5.75 Å². The van der Waals surface area contributed by atoms with Crippen LogP contribution in [0.2, 0.25) is 0 Å². The first-order chi connectivity index (χ1) is 14.8. The van der Waals surface area contributed by atoms with Crippen LogP contribution in [0.4, 0.5) is 4.39 Å². The summed E-state index contributed by atoms with van der Waals surface area (Å²) < 4.78 is 46.7. The van der Waals surface area contributed by atoms with Crippen molar-refractivity contribution in [2.45, 2.75) is 76.0 Å². The van der Waals surface area contributed by atoms with Crippen LogP contribution in [-0.4, -0.2) is 21.3 Å². The predicted octanol–water partition coefficient (Wildman–Crippen LogP) is 6.70. The second-order valence-electron chi connectivity index (χ2n) is 9.11. The SMILES string of the molecule is CCCCC1(CCCC)CC(Cc2cccc(OC)c2)c2cc(F)ccc2S(=O)(=O)C1. The average molecular weight is 447 g/mol. The van der Waals surface area contributed by atoms with Crippen LogP contribution in [0.1, 0.15) is 75.8 Å². The van der Waals surface area contributed by atoms with Crippen molar-refractivity contribution < 1.29 is 17.5 Å². The maximum Gasteiger partial charge on any atom is 0.179 e. The normalized spacial score (nSPS) is 19.4. The van der Waals surface area contributed by atoms with Gasteiger partial charge in [0.2, 0.25) is 0 Å². The minimum absolute atomic E-state index is 0.0520. The summed E-state index contributed by atoms with van der Waals surface area (Å²) in [5.41, 5.74) is 1.44. The first-order valence-corrected chi connectivity index (χ1v) is 13.1. The van der Waals surface area contributed by atoms with Crippen LogP contribution in [0.15, 0.2) is 47.4 Å². The van der Waals surface area contributed by atoms with Crippen molar-refractivity contribution in [1.29, 1.82) is 0 Å². The smallest absolute Gasteiger partial charge is 0.179 e. The van der Waals surface area contributed by atoms with E-state index in [0.717, 1.165) is 56.3 Å². The molecule has 0 spiro atoms. The van der Waals surface area contributed by atoms with E-state index < -0.39 is 9.84 Å². The largest absolute Gasteiger partial charge is 0.497 e. The summed E-state index contributed by atoms with van der Waals surface area (Å²) in [7, 11) is -1.85. The summed E-state index contributed by atoms with van der Waals surface area (Å²) in [4.78, 5) is 0.316. The molecule has 31 heavy (non-hydrogen) atoms. The lowest BCUT2D eigenvalue weighted by Crippen LogP contribution is -2.30. The number of ether oxygens (including phenoxy) is 1. The molecule has 3 nitrogen and oxygen atoms in total. The van der Waals surface area contributed by atoms with Gasteiger partial charge in [-0.2, -0.15) is 0 Å². The Labute approximate surface area is 186 Å². The number of rotatable bonds is 9. The van der Waals surface area contributed by atoms with E-state index in [1.54, 1.807) is 7.11 Å². The highest BCUT2D eigenvalue weighted by Gasteiger charge is 2.42. The zero-order valence-electron chi connectivity index (χ0n) is 19.0. The Bertz CT molecular complexity index is 976. The Morgan fingerprint density at radius 3 is 2.42 bits per heavy atom. The van der Waals surface area contributed by atoms with Crippen LogP contribution in [0, 0.1) is 11.2 Å². The molecule has 0 radical (unpaired) electrons. The number of sulfone groups is 1. The van der Waals surface area contributed by atoms with Gasteiger partial charge in [0.25, 0.3) is 0 Å². The third kappa shape index (κ3) is 5.68. The quantitative estimate of drug-likeness (QED) is 0.402. The van der Waals surface area contributed by atoms with Crippen LogP contribution >= 0.6 is 0 Å². The third-order valence-electron chi connectivity index (χ3n) is 6.66. The van der Waals surface area contributed by atoms with Crippen molar-refractivity contribution in [2.75, 3.05) is 12.9 Å². The molecule has 170 valence electrons. The lowest BCUT2D eigenvalue weighted by molar-refractivity contribution is 0.221. The van der Waals surface area contributed by atoms with Crippen molar-refractivity contribution in [1.82, 2.24) is 0 Å². The zero-order valence-corrected chi connectivity index (χ0v) is 19.8. The number of hydrogen-bond acceptors (Lipinski definition) is 3. The summed E-state index contributed by atoms with van der Waals surface area (Å²) in [5, 5.41) is 0. The summed E-state index contributed by atoms with van der Waals surface area (Å²) in [6.45, 7) is 4.30. The molecule has 0 saturated heterocycles. The number of methoxy groups -OCH3 is 1. The Morgan fingerprint density at radius 2 is 1.77 bits per heavy atom. The van der Waals surface area contributed by atoms with Crippen molar-refractivity contribution in [3.63, 3.8) is 0 Å². The Kier molecular flexibility index (Phi) is 7.79. The Morgan fingerprint density at radius 1 is 1.06 bits per heavy atom. The predicted molar refractivity (Wildman–Crippen MR) is 124 cm³/mol. The molecule has 1 unspecified atom stereocenters. The summed E-state index contributed by atoms with van der Waals surface area (Å²) in [5.74, 6) is 0.511. The molecule has 1 aliphatic heterocycles. The monoisotopic (exact) mass is 446 g/mol. The van der Waals surface area contributed by atoms with Crippen LogP contribution in [0.5, 0.6) is 5.75 Å². The second kappa shape index (κ2) is 10.2. The van der Waals surface area contributed by atoms with Crippen LogP contribution in [0.25, 0.3) is 0 Å². The summed E-state index contributed by atoms with van der Waals surface area (Å²) >= 11 is 0. The fraction of sp³-hybridized carbons (Fsp3) is 0.538. The van der Waals surface area contributed by atoms with Gasteiger partial charge in [0, 0.05) is 0 Å². The Hall–Kier alpha value is -1.88. The van der Waals surface area contributed by atoms with Gasteiger partial charge in [-0.25, -0.2) is 12.8 Å². The van der Waals surface area contributed by atoms with Gasteiger partial charge in [-0.1, -0.05) is 51.7 Å². The summed E-state index contributed by atoms with van der Waals surface area (Å²) in [6.07, 6.45) is 7.32. The average Bonchev–Trinajstić information content (AvgIpc) is 2.83. The van der Waals surface area contributed by atoms with Crippen molar-refractivity contribution >= 4 is 9.84 Å². The maximum atomic E-state index is 14.3. The zero-order chi connectivity index (χ0) is 22.5. The summed E-state index contributed by atoms with van der Waals surface area (Å²) in [6, 6.07) is 12.1. The van der Waals surface area contributed by atoms with Crippen LogP contribution < -0.4 is 4.74 Å². The van der Waals surface area contributed by atoms with E-state index in [4.69, 9.17) is 4.74 Å². The second-order valence-corrected chi connectivity index (χ2v) is 11.1. The fourth-order valence-corrected chi connectivity index (χ4v) is 7.37. The highest BCUT2D eigenvalue weighted by Crippen LogP contribution is 2.48. The number of fused-ring (bicyclic) bond motifs is 1. The Balaban J connectivity index is 2.10. The molecule has 0 fully saturated rings. The minimum Gasteiger partial charge on any atom is -0.497 e. The van der Waals surface area contributed by atoms with E-state index in [1.807, 2.05) is 24.3 Å². The van der Waals surface area contributed by atoms with E-state index in [2.05, 4.69) is 13.8 Å². The highest BCUT2D eigenvalue weighted by atomic mass is 32.2. The molecule has 3 rings (SSSR count). The highest BCUT2D eigenvalue weighted by molar-refractivity contribution is 7.91. The van der Waals surface area contributed by atoms with E-state index in [1.165, 1.54) is 18.2 Å². The van der Waals surface area contributed by atoms with Gasteiger partial charge in [-0.15, -0.1) is 0 Å². The molecule has 0 bridgehead atoms. The number of halogens is 1. The third-order valence-corrected chi connectivity index (χ3v) is 8.69. The lowest BCUT2D eigenvalue weighted by Gasteiger charge is -2.35. The molecule has 1 heterocycles.